The van der Waals surface area contributed by atoms with Crippen molar-refractivity contribution in [2.24, 2.45) is 0 Å². The summed E-state index contributed by atoms with van der Waals surface area (Å²) in [4.78, 5) is 17.1. The summed E-state index contributed by atoms with van der Waals surface area (Å²) in [5.41, 5.74) is 10.1. The molecule has 0 aliphatic heterocycles. The summed E-state index contributed by atoms with van der Waals surface area (Å²) in [6, 6.07) is 64.3. The van der Waals surface area contributed by atoms with Gasteiger partial charge in [-0.1, -0.05) is 48.5 Å². The number of nitrogens with zero attached hydrogens (tertiary/aromatic N) is 4. The van der Waals surface area contributed by atoms with Gasteiger partial charge in [0.25, 0.3) is 0 Å². The average Bonchev–Trinajstić information content (AvgIpc) is 3.21. The summed E-state index contributed by atoms with van der Waals surface area (Å²) < 4.78 is 0. The van der Waals surface area contributed by atoms with Crippen molar-refractivity contribution in [1.29, 1.82) is 0 Å². The summed E-state index contributed by atoms with van der Waals surface area (Å²) in [6.45, 7) is 0. The smallest absolute Gasteiger partial charge is 0.0160 e. The van der Waals surface area contributed by atoms with Gasteiger partial charge in [0.1, 0.15) is 0 Å². The maximum Gasteiger partial charge on any atom is 0.0160 e. The van der Waals surface area contributed by atoms with Gasteiger partial charge in [-0.2, -0.15) is 0 Å². The first-order chi connectivity index (χ1) is 23.8. The Morgan fingerprint density at radius 3 is 0.860 bits per heavy atom. The van der Waals surface area contributed by atoms with Gasteiger partial charge in [-0.3, -0.25) is 0 Å². The van der Waals surface area contributed by atoms with Crippen molar-refractivity contribution in [3.8, 4) is 56.2 Å². The Hall–Kier alpha value is -5.22. The third-order valence-corrected chi connectivity index (χ3v) is 7.14. The van der Waals surface area contributed by atoms with Gasteiger partial charge in [0.05, 0.1) is 0 Å². The van der Waals surface area contributed by atoms with E-state index in [-0.39, 0.29) is 40.2 Å². The Morgan fingerprint density at radius 2 is 0.620 bits per heavy atom. The number of hydrogen-bond acceptors (Lipinski definition) is 4. The van der Waals surface area contributed by atoms with Crippen LogP contribution < -0.4 is 0 Å². The Morgan fingerprint density at radius 1 is 0.300 bits per heavy atom. The molecule has 0 fully saturated rings. The zero-order valence-electron chi connectivity index (χ0n) is 26.8. The van der Waals surface area contributed by atoms with Crippen molar-refractivity contribution in [3.05, 3.63) is 207 Å². The Bertz CT molecular complexity index is 1840. The number of pyridine rings is 4. The van der Waals surface area contributed by atoms with E-state index < -0.39 is 0 Å². The molecule has 8 aromatic rings. The fourth-order valence-corrected chi connectivity index (χ4v) is 4.72. The molecule has 0 amide bonds. The Labute approximate surface area is 321 Å². The standard InChI is InChI=1S/C22H14N2.2C11H8N.2Ir/c1-3-15-23-21(5-1)19-11-7-17(8-12-19)18-9-13-20(14-10-18)22-6-2-4-16-24-22;2*1-2-6-10(7-3-1)11-8-4-5-9-12-11;;/h1-11,13,15-16H;2*1-6,8-9H;;/q-2;2*-1;;. The van der Waals surface area contributed by atoms with Crippen molar-refractivity contribution in [2.45, 2.75) is 0 Å². The number of rotatable bonds is 5. The normalized spacial score (nSPS) is 9.68. The zero-order chi connectivity index (χ0) is 32.6. The third kappa shape index (κ3) is 10.9. The van der Waals surface area contributed by atoms with E-state index in [1.807, 2.05) is 146 Å². The monoisotopic (exact) mass is 1000 g/mol. The first kappa shape index (κ1) is 37.6. The van der Waals surface area contributed by atoms with Crippen LogP contribution in [0.1, 0.15) is 0 Å². The van der Waals surface area contributed by atoms with E-state index in [9.17, 15) is 0 Å². The van der Waals surface area contributed by atoms with Gasteiger partial charge in [0, 0.05) is 65.0 Å². The molecule has 248 valence electrons. The second kappa shape index (κ2) is 20.3. The number of benzene rings is 4. The summed E-state index contributed by atoms with van der Waals surface area (Å²) >= 11 is 0. The molecule has 4 heterocycles. The van der Waals surface area contributed by atoms with Crippen molar-refractivity contribution in [2.75, 3.05) is 0 Å². The number of aromatic nitrogens is 4. The Kier molecular flexibility index (Phi) is 15.3. The van der Waals surface area contributed by atoms with E-state index in [1.54, 1.807) is 24.8 Å². The van der Waals surface area contributed by atoms with Crippen LogP contribution >= 0.6 is 0 Å². The molecule has 0 bridgehead atoms. The van der Waals surface area contributed by atoms with E-state index in [0.29, 0.717) is 0 Å². The first-order valence-corrected chi connectivity index (χ1v) is 15.5. The molecule has 0 N–H and O–H groups in total. The molecule has 6 heteroatoms. The minimum Gasteiger partial charge on any atom is -0.305 e. The Balaban J connectivity index is 0.000000183. The van der Waals surface area contributed by atoms with E-state index in [2.05, 4.69) is 56.3 Å². The maximum absolute atomic E-state index is 4.35. The fourth-order valence-electron chi connectivity index (χ4n) is 4.72. The van der Waals surface area contributed by atoms with E-state index in [0.717, 1.165) is 56.2 Å². The van der Waals surface area contributed by atoms with E-state index in [4.69, 9.17) is 0 Å². The summed E-state index contributed by atoms with van der Waals surface area (Å²) in [5.74, 6) is 0. The van der Waals surface area contributed by atoms with Gasteiger partial charge >= 0.3 is 0 Å². The topological polar surface area (TPSA) is 51.6 Å². The fraction of sp³-hybridized carbons (Fsp3) is 0. The van der Waals surface area contributed by atoms with Crippen LogP contribution in [0.3, 0.4) is 0 Å². The molecule has 0 aliphatic rings. The largest absolute Gasteiger partial charge is 0.305 e. The van der Waals surface area contributed by atoms with Gasteiger partial charge < -0.3 is 19.9 Å². The van der Waals surface area contributed by atoms with Gasteiger partial charge in [-0.05, 0) is 47.0 Å². The van der Waals surface area contributed by atoms with Gasteiger partial charge in [0.15, 0.2) is 0 Å². The van der Waals surface area contributed by atoms with Gasteiger partial charge in [-0.15, -0.1) is 143 Å². The molecule has 0 saturated carbocycles. The molecule has 0 saturated heterocycles. The molecule has 8 rings (SSSR count). The van der Waals surface area contributed by atoms with Crippen molar-refractivity contribution < 1.29 is 40.2 Å². The number of hydrogen-bond donors (Lipinski definition) is 0. The molecule has 2 radical (unpaired) electrons. The molecule has 4 nitrogen and oxygen atoms in total. The molecule has 0 unspecified atom stereocenters. The molecule has 4 aromatic carbocycles. The summed E-state index contributed by atoms with van der Waals surface area (Å²) in [7, 11) is 0. The molecular formula is C44H30Ir2N4-4. The van der Waals surface area contributed by atoms with Crippen molar-refractivity contribution in [3.63, 3.8) is 0 Å². The second-order valence-electron chi connectivity index (χ2n) is 10.4. The first-order valence-electron chi connectivity index (χ1n) is 15.5. The van der Waals surface area contributed by atoms with Crippen LogP contribution in [0.15, 0.2) is 183 Å². The molecule has 0 atom stereocenters. The van der Waals surface area contributed by atoms with Gasteiger partial charge in [0.2, 0.25) is 0 Å². The van der Waals surface area contributed by atoms with Crippen molar-refractivity contribution in [1.82, 2.24) is 19.9 Å². The third-order valence-electron chi connectivity index (χ3n) is 7.14. The van der Waals surface area contributed by atoms with Crippen LogP contribution in [-0.4, -0.2) is 19.9 Å². The summed E-state index contributed by atoms with van der Waals surface area (Å²) in [5, 5.41) is 0. The molecule has 0 aliphatic carbocycles. The predicted octanol–water partition coefficient (Wildman–Crippen LogP) is 10.2. The van der Waals surface area contributed by atoms with Gasteiger partial charge in [-0.25, -0.2) is 0 Å². The van der Waals surface area contributed by atoms with Crippen LogP contribution in [-0.2, 0) is 40.2 Å². The average molecular weight is 999 g/mol. The quantitative estimate of drug-likeness (QED) is 0.161. The molecular weight excluding hydrogens is 969 g/mol. The minimum atomic E-state index is 0. The van der Waals surface area contributed by atoms with E-state index in [1.165, 1.54) is 0 Å². The van der Waals surface area contributed by atoms with Crippen LogP contribution in [0, 0.1) is 24.3 Å². The van der Waals surface area contributed by atoms with Crippen LogP contribution in [0.2, 0.25) is 0 Å². The zero-order valence-corrected chi connectivity index (χ0v) is 31.6. The van der Waals surface area contributed by atoms with E-state index >= 15 is 0 Å². The molecule has 0 spiro atoms. The minimum absolute atomic E-state index is 0. The maximum atomic E-state index is 4.35. The molecule has 50 heavy (non-hydrogen) atoms. The van der Waals surface area contributed by atoms with Crippen LogP contribution in [0.25, 0.3) is 56.2 Å². The summed E-state index contributed by atoms with van der Waals surface area (Å²) in [6.07, 6.45) is 7.16. The second-order valence-corrected chi connectivity index (χ2v) is 10.4. The molecule has 4 aromatic heterocycles. The SMILES string of the molecule is [Ir].[Ir].[c-]1cc(-c2c[c-]c(-c3ccccn3)cc2)ccc1-c1ccccn1.[c-]1ccccc1-c1ccccn1.[c-]1ccccc1-c1ccccn1. The van der Waals surface area contributed by atoms with Crippen LogP contribution in [0.5, 0.6) is 0 Å². The predicted molar refractivity (Wildman–Crippen MR) is 193 cm³/mol. The van der Waals surface area contributed by atoms with Crippen LogP contribution in [0.4, 0.5) is 0 Å². The van der Waals surface area contributed by atoms with Crippen molar-refractivity contribution >= 4 is 0 Å².